The van der Waals surface area contributed by atoms with Gasteiger partial charge in [0.15, 0.2) is 0 Å². The van der Waals surface area contributed by atoms with Gasteiger partial charge in [0, 0.05) is 25.2 Å². The zero-order valence-corrected chi connectivity index (χ0v) is 22.5. The molecule has 0 spiro atoms. The Bertz CT molecular complexity index is 1370. The van der Waals surface area contributed by atoms with Gasteiger partial charge in [0.1, 0.15) is 5.69 Å². The van der Waals surface area contributed by atoms with Gasteiger partial charge < -0.3 is 9.80 Å². The van der Waals surface area contributed by atoms with E-state index in [9.17, 15) is 4.79 Å². The zero-order valence-electron chi connectivity index (χ0n) is 21.0. The average molecular weight is 521 g/mol. The van der Waals surface area contributed by atoms with Gasteiger partial charge in [-0.3, -0.25) is 4.79 Å². The second kappa shape index (κ2) is 11.3. The Morgan fingerprint density at radius 2 is 1.61 bits per heavy atom. The SMILES string of the molecule is Cc1ccc(-c2cc(C(=O)N(CCN(C)C)Cc3ccccc3)n(-c3ccc(Cl)c(Cl)c3)n2)cc1C. The number of nitrogens with zero attached hydrogens (tertiary/aromatic N) is 4. The van der Waals surface area contributed by atoms with E-state index in [0.717, 1.165) is 23.4 Å². The highest BCUT2D eigenvalue weighted by atomic mass is 35.5. The van der Waals surface area contributed by atoms with Crippen molar-refractivity contribution in [1.82, 2.24) is 19.6 Å². The number of rotatable bonds is 8. The summed E-state index contributed by atoms with van der Waals surface area (Å²) >= 11 is 12.5. The molecule has 0 atom stereocenters. The van der Waals surface area contributed by atoms with Crippen LogP contribution in [0.2, 0.25) is 10.0 Å². The van der Waals surface area contributed by atoms with Gasteiger partial charge in [-0.2, -0.15) is 5.10 Å². The number of hydrogen-bond donors (Lipinski definition) is 0. The lowest BCUT2D eigenvalue weighted by atomic mass is 10.0. The molecule has 1 heterocycles. The molecule has 0 radical (unpaired) electrons. The maximum atomic E-state index is 14.1. The summed E-state index contributed by atoms with van der Waals surface area (Å²) in [5.74, 6) is -0.102. The van der Waals surface area contributed by atoms with Crippen molar-refractivity contribution in [3.8, 4) is 16.9 Å². The molecule has 4 rings (SSSR count). The molecule has 7 heteroatoms. The summed E-state index contributed by atoms with van der Waals surface area (Å²) in [6.45, 7) is 5.97. The monoisotopic (exact) mass is 520 g/mol. The fraction of sp³-hybridized carbons (Fsp3) is 0.241. The molecule has 36 heavy (non-hydrogen) atoms. The molecule has 0 unspecified atom stereocenters. The molecular formula is C29H30Cl2N4O. The number of aromatic nitrogens is 2. The van der Waals surface area contributed by atoms with Gasteiger partial charge in [-0.25, -0.2) is 4.68 Å². The molecule has 186 valence electrons. The number of hydrogen-bond acceptors (Lipinski definition) is 3. The Morgan fingerprint density at radius 1 is 0.861 bits per heavy atom. The van der Waals surface area contributed by atoms with Crippen molar-refractivity contribution in [2.45, 2.75) is 20.4 Å². The van der Waals surface area contributed by atoms with E-state index in [-0.39, 0.29) is 5.91 Å². The van der Waals surface area contributed by atoms with Gasteiger partial charge in [0.05, 0.1) is 21.4 Å². The normalized spacial score (nSPS) is 11.2. The van der Waals surface area contributed by atoms with Crippen molar-refractivity contribution in [2.24, 2.45) is 0 Å². The number of carbonyl (C=O) groups excluding carboxylic acids is 1. The Balaban J connectivity index is 1.80. The largest absolute Gasteiger partial charge is 0.332 e. The summed E-state index contributed by atoms with van der Waals surface area (Å²) in [5, 5.41) is 5.71. The summed E-state index contributed by atoms with van der Waals surface area (Å²) in [6.07, 6.45) is 0. The van der Waals surface area contributed by atoms with Crippen molar-refractivity contribution in [1.29, 1.82) is 0 Å². The highest BCUT2D eigenvalue weighted by Gasteiger charge is 2.24. The second-order valence-corrected chi connectivity index (χ2v) is 10.1. The van der Waals surface area contributed by atoms with Crippen LogP contribution in [0.1, 0.15) is 27.2 Å². The van der Waals surface area contributed by atoms with Crippen molar-refractivity contribution >= 4 is 29.1 Å². The van der Waals surface area contributed by atoms with E-state index in [0.29, 0.717) is 34.5 Å². The van der Waals surface area contributed by atoms with Gasteiger partial charge in [-0.15, -0.1) is 0 Å². The van der Waals surface area contributed by atoms with E-state index in [1.807, 2.05) is 67.5 Å². The predicted octanol–water partition coefficient (Wildman–Crippen LogP) is 6.67. The first-order chi connectivity index (χ1) is 17.2. The van der Waals surface area contributed by atoms with E-state index >= 15 is 0 Å². The lowest BCUT2D eigenvalue weighted by Crippen LogP contribution is -2.37. The number of aryl methyl sites for hydroxylation is 2. The fourth-order valence-corrected chi connectivity index (χ4v) is 4.22. The molecule has 1 amide bonds. The fourth-order valence-electron chi connectivity index (χ4n) is 3.93. The quantitative estimate of drug-likeness (QED) is 0.260. The predicted molar refractivity (Wildman–Crippen MR) is 148 cm³/mol. The third-order valence-corrected chi connectivity index (χ3v) is 6.94. The van der Waals surface area contributed by atoms with Crippen molar-refractivity contribution < 1.29 is 4.79 Å². The highest BCUT2D eigenvalue weighted by molar-refractivity contribution is 6.42. The van der Waals surface area contributed by atoms with Crippen LogP contribution >= 0.6 is 23.2 Å². The summed E-state index contributed by atoms with van der Waals surface area (Å²) in [6, 6.07) is 23.4. The van der Waals surface area contributed by atoms with Crippen LogP contribution in [0.4, 0.5) is 0 Å². The van der Waals surface area contributed by atoms with Crippen LogP contribution in [0, 0.1) is 13.8 Å². The number of likely N-dealkylation sites (N-methyl/N-ethyl adjacent to an activating group) is 1. The molecule has 0 saturated heterocycles. The molecule has 0 N–H and O–H groups in total. The lowest BCUT2D eigenvalue weighted by Gasteiger charge is -2.25. The number of amides is 1. The van der Waals surface area contributed by atoms with E-state index in [1.54, 1.807) is 16.8 Å². The number of carbonyl (C=O) groups is 1. The summed E-state index contributed by atoms with van der Waals surface area (Å²) < 4.78 is 1.67. The molecule has 0 saturated carbocycles. The minimum absolute atomic E-state index is 0.102. The van der Waals surface area contributed by atoms with Crippen LogP contribution in [0.5, 0.6) is 0 Å². The molecule has 0 bridgehead atoms. The summed E-state index contributed by atoms with van der Waals surface area (Å²) in [4.78, 5) is 18.0. The van der Waals surface area contributed by atoms with Crippen LogP contribution in [0.3, 0.4) is 0 Å². The van der Waals surface area contributed by atoms with Gasteiger partial charge in [0.2, 0.25) is 0 Å². The Kier molecular flexibility index (Phi) is 8.14. The zero-order chi connectivity index (χ0) is 25.8. The van der Waals surface area contributed by atoms with E-state index < -0.39 is 0 Å². The van der Waals surface area contributed by atoms with Crippen molar-refractivity contribution in [3.63, 3.8) is 0 Å². The molecule has 1 aromatic heterocycles. The van der Waals surface area contributed by atoms with Crippen LogP contribution in [-0.2, 0) is 6.54 Å². The highest BCUT2D eigenvalue weighted by Crippen LogP contribution is 2.28. The molecule has 0 aliphatic rings. The average Bonchev–Trinajstić information content (AvgIpc) is 3.31. The summed E-state index contributed by atoms with van der Waals surface area (Å²) in [7, 11) is 4.01. The van der Waals surface area contributed by atoms with Crippen LogP contribution in [-0.4, -0.2) is 52.7 Å². The molecule has 3 aromatic carbocycles. The molecule has 4 aromatic rings. The molecular weight excluding hydrogens is 491 g/mol. The van der Waals surface area contributed by atoms with E-state index in [4.69, 9.17) is 28.3 Å². The topological polar surface area (TPSA) is 41.4 Å². The van der Waals surface area contributed by atoms with Crippen molar-refractivity contribution in [2.75, 3.05) is 27.2 Å². The van der Waals surface area contributed by atoms with E-state index in [1.165, 1.54) is 11.1 Å². The Labute approximate surface area is 222 Å². The molecule has 0 fully saturated rings. The van der Waals surface area contributed by atoms with E-state index in [2.05, 4.69) is 30.9 Å². The number of benzene rings is 3. The van der Waals surface area contributed by atoms with Crippen molar-refractivity contribution in [3.05, 3.63) is 105 Å². The maximum Gasteiger partial charge on any atom is 0.272 e. The van der Waals surface area contributed by atoms with Gasteiger partial charge >= 0.3 is 0 Å². The first-order valence-corrected chi connectivity index (χ1v) is 12.6. The minimum atomic E-state index is -0.102. The second-order valence-electron chi connectivity index (χ2n) is 9.24. The third-order valence-electron chi connectivity index (χ3n) is 6.20. The maximum absolute atomic E-state index is 14.1. The Hall–Kier alpha value is -3.12. The first-order valence-electron chi connectivity index (χ1n) is 11.8. The molecule has 5 nitrogen and oxygen atoms in total. The van der Waals surface area contributed by atoms with Gasteiger partial charge in [0.25, 0.3) is 5.91 Å². The smallest absolute Gasteiger partial charge is 0.272 e. The molecule has 0 aliphatic heterocycles. The first kappa shape index (κ1) is 26.0. The summed E-state index contributed by atoms with van der Waals surface area (Å²) in [5.41, 5.74) is 6.26. The minimum Gasteiger partial charge on any atom is -0.332 e. The van der Waals surface area contributed by atoms with Gasteiger partial charge in [-0.05, 0) is 75.0 Å². The third kappa shape index (κ3) is 5.98. The van der Waals surface area contributed by atoms with Crippen LogP contribution < -0.4 is 0 Å². The molecule has 0 aliphatic carbocycles. The van der Waals surface area contributed by atoms with Crippen LogP contribution in [0.25, 0.3) is 16.9 Å². The Morgan fingerprint density at radius 3 is 2.28 bits per heavy atom. The van der Waals surface area contributed by atoms with Crippen LogP contribution in [0.15, 0.2) is 72.8 Å². The lowest BCUT2D eigenvalue weighted by molar-refractivity contribution is 0.0722. The number of halogens is 2. The standard InChI is InChI=1S/C29H30Cl2N4O/c1-20-10-11-23(16-21(20)2)27-18-28(35(32-27)24-12-13-25(30)26(31)17-24)29(36)34(15-14-33(3)4)19-22-8-6-5-7-9-22/h5-13,16-18H,14-15,19H2,1-4H3. The van der Waals surface area contributed by atoms with Gasteiger partial charge in [-0.1, -0.05) is 65.7 Å².